The predicted molar refractivity (Wildman–Crippen MR) is 70.4 cm³/mol. The maximum Gasteiger partial charge on any atom is 0.0565 e. The SMILES string of the molecule is CC1CCCC(C)C(O)CCCC(C)CC1. The molecule has 4 unspecified atom stereocenters. The van der Waals surface area contributed by atoms with Crippen molar-refractivity contribution in [1.29, 1.82) is 0 Å². The van der Waals surface area contributed by atoms with E-state index in [4.69, 9.17) is 0 Å². The molecular formula is C15H30O. The van der Waals surface area contributed by atoms with Gasteiger partial charge in [0, 0.05) is 0 Å². The van der Waals surface area contributed by atoms with E-state index < -0.39 is 0 Å². The molecule has 0 bridgehead atoms. The number of hydrogen-bond acceptors (Lipinski definition) is 1. The molecule has 0 aromatic heterocycles. The molecule has 16 heavy (non-hydrogen) atoms. The van der Waals surface area contributed by atoms with Crippen molar-refractivity contribution in [3.05, 3.63) is 0 Å². The van der Waals surface area contributed by atoms with Crippen LogP contribution < -0.4 is 0 Å². The van der Waals surface area contributed by atoms with Gasteiger partial charge in [-0.05, 0) is 30.6 Å². The van der Waals surface area contributed by atoms with E-state index in [-0.39, 0.29) is 6.10 Å². The summed E-state index contributed by atoms with van der Waals surface area (Å²) < 4.78 is 0. The molecule has 0 saturated heterocycles. The topological polar surface area (TPSA) is 20.2 Å². The van der Waals surface area contributed by atoms with Gasteiger partial charge in [0.15, 0.2) is 0 Å². The van der Waals surface area contributed by atoms with Crippen molar-refractivity contribution < 1.29 is 5.11 Å². The maximum absolute atomic E-state index is 10.0. The molecule has 1 N–H and O–H groups in total. The van der Waals surface area contributed by atoms with Crippen LogP contribution >= 0.6 is 0 Å². The standard InChI is InChI=1S/C15H30O/c1-12-6-4-8-14(3)15(16)9-5-7-13(2)11-10-12/h12-16H,4-11H2,1-3H3. The van der Waals surface area contributed by atoms with Crippen LogP contribution in [0.4, 0.5) is 0 Å². The zero-order chi connectivity index (χ0) is 12.0. The third-order valence-electron chi connectivity index (χ3n) is 4.36. The minimum atomic E-state index is -0.0538. The van der Waals surface area contributed by atoms with Gasteiger partial charge in [0.25, 0.3) is 0 Å². The quantitative estimate of drug-likeness (QED) is 0.649. The van der Waals surface area contributed by atoms with Gasteiger partial charge in [0.05, 0.1) is 6.10 Å². The number of hydrogen-bond donors (Lipinski definition) is 1. The first kappa shape index (κ1) is 14.0. The number of aliphatic hydroxyl groups is 1. The van der Waals surface area contributed by atoms with Crippen LogP contribution in [-0.4, -0.2) is 11.2 Å². The van der Waals surface area contributed by atoms with Crippen LogP contribution in [0.1, 0.15) is 72.1 Å². The van der Waals surface area contributed by atoms with E-state index in [1.165, 1.54) is 44.9 Å². The van der Waals surface area contributed by atoms with Crippen molar-refractivity contribution >= 4 is 0 Å². The summed E-state index contributed by atoms with van der Waals surface area (Å²) in [4.78, 5) is 0. The van der Waals surface area contributed by atoms with Crippen LogP contribution in [-0.2, 0) is 0 Å². The molecule has 0 aromatic rings. The molecule has 1 fully saturated rings. The van der Waals surface area contributed by atoms with Gasteiger partial charge >= 0.3 is 0 Å². The number of aliphatic hydroxyl groups excluding tert-OH is 1. The highest BCUT2D eigenvalue weighted by Gasteiger charge is 2.16. The van der Waals surface area contributed by atoms with Crippen LogP contribution in [0.3, 0.4) is 0 Å². The zero-order valence-electron chi connectivity index (χ0n) is 11.4. The number of rotatable bonds is 0. The molecule has 1 rings (SSSR count). The van der Waals surface area contributed by atoms with Gasteiger partial charge in [-0.15, -0.1) is 0 Å². The smallest absolute Gasteiger partial charge is 0.0565 e. The summed E-state index contributed by atoms with van der Waals surface area (Å²) in [5, 5.41) is 10.0. The third-order valence-corrected chi connectivity index (χ3v) is 4.36. The first-order chi connectivity index (χ1) is 7.59. The second kappa shape index (κ2) is 7.32. The fraction of sp³-hybridized carbons (Fsp3) is 1.00. The van der Waals surface area contributed by atoms with Gasteiger partial charge < -0.3 is 5.11 Å². The Labute approximate surface area is 102 Å². The zero-order valence-corrected chi connectivity index (χ0v) is 11.4. The molecule has 0 heterocycles. The Kier molecular flexibility index (Phi) is 6.41. The molecule has 1 saturated carbocycles. The summed E-state index contributed by atoms with van der Waals surface area (Å²) in [7, 11) is 0. The lowest BCUT2D eigenvalue weighted by molar-refractivity contribution is 0.0954. The summed E-state index contributed by atoms with van der Waals surface area (Å²) in [6.45, 7) is 6.97. The largest absolute Gasteiger partial charge is 0.393 e. The highest BCUT2D eigenvalue weighted by atomic mass is 16.3. The maximum atomic E-state index is 10.0. The van der Waals surface area contributed by atoms with E-state index in [1.807, 2.05) is 0 Å². The molecule has 1 nitrogen and oxygen atoms in total. The van der Waals surface area contributed by atoms with Crippen LogP contribution in [0.5, 0.6) is 0 Å². The summed E-state index contributed by atoms with van der Waals surface area (Å²) in [5.41, 5.74) is 0. The van der Waals surface area contributed by atoms with Crippen LogP contribution in [0, 0.1) is 17.8 Å². The minimum absolute atomic E-state index is 0.0538. The Morgan fingerprint density at radius 3 is 1.75 bits per heavy atom. The molecule has 4 atom stereocenters. The Morgan fingerprint density at radius 2 is 1.19 bits per heavy atom. The molecule has 0 radical (unpaired) electrons. The van der Waals surface area contributed by atoms with Crippen LogP contribution in [0.2, 0.25) is 0 Å². The summed E-state index contributed by atoms with van der Waals surface area (Å²) in [6, 6.07) is 0. The van der Waals surface area contributed by atoms with Crippen molar-refractivity contribution in [2.75, 3.05) is 0 Å². The molecule has 1 heteroatoms. The van der Waals surface area contributed by atoms with Crippen molar-refractivity contribution in [1.82, 2.24) is 0 Å². The van der Waals surface area contributed by atoms with Gasteiger partial charge in [0.1, 0.15) is 0 Å². The minimum Gasteiger partial charge on any atom is -0.393 e. The van der Waals surface area contributed by atoms with Crippen molar-refractivity contribution in [2.24, 2.45) is 17.8 Å². The molecule has 0 aliphatic heterocycles. The van der Waals surface area contributed by atoms with E-state index in [2.05, 4.69) is 20.8 Å². The van der Waals surface area contributed by atoms with Crippen molar-refractivity contribution in [3.8, 4) is 0 Å². The van der Waals surface area contributed by atoms with Gasteiger partial charge in [0.2, 0.25) is 0 Å². The molecule has 0 aromatic carbocycles. The highest BCUT2D eigenvalue weighted by Crippen LogP contribution is 2.25. The Morgan fingerprint density at radius 1 is 0.688 bits per heavy atom. The Bertz CT molecular complexity index is 158. The molecule has 96 valence electrons. The Balaban J connectivity index is 2.40. The first-order valence-electron chi connectivity index (χ1n) is 7.27. The van der Waals surface area contributed by atoms with Crippen LogP contribution in [0.25, 0.3) is 0 Å². The lowest BCUT2D eigenvalue weighted by atomic mass is 9.86. The molecule has 0 spiro atoms. The van der Waals surface area contributed by atoms with E-state index in [0.29, 0.717) is 5.92 Å². The first-order valence-corrected chi connectivity index (χ1v) is 7.27. The average molecular weight is 226 g/mol. The summed E-state index contributed by atoms with van der Waals surface area (Å²) in [5.74, 6) is 2.23. The molecular weight excluding hydrogens is 196 g/mol. The molecule has 1 aliphatic carbocycles. The van der Waals surface area contributed by atoms with Gasteiger partial charge in [-0.3, -0.25) is 0 Å². The lowest BCUT2D eigenvalue weighted by Gasteiger charge is -2.22. The Hall–Kier alpha value is -0.0400. The van der Waals surface area contributed by atoms with Crippen LogP contribution in [0.15, 0.2) is 0 Å². The highest BCUT2D eigenvalue weighted by molar-refractivity contribution is 4.68. The predicted octanol–water partition coefficient (Wildman–Crippen LogP) is 4.39. The normalized spacial score (nSPS) is 39.8. The van der Waals surface area contributed by atoms with Crippen molar-refractivity contribution in [3.63, 3.8) is 0 Å². The second-order valence-corrected chi connectivity index (χ2v) is 6.19. The molecule has 0 amide bonds. The van der Waals surface area contributed by atoms with E-state index in [1.54, 1.807) is 0 Å². The van der Waals surface area contributed by atoms with E-state index in [9.17, 15) is 5.11 Å². The fourth-order valence-corrected chi connectivity index (χ4v) is 2.80. The fourth-order valence-electron chi connectivity index (χ4n) is 2.80. The van der Waals surface area contributed by atoms with Gasteiger partial charge in [-0.25, -0.2) is 0 Å². The third kappa shape index (κ3) is 5.34. The van der Waals surface area contributed by atoms with Gasteiger partial charge in [-0.2, -0.15) is 0 Å². The average Bonchev–Trinajstić information content (AvgIpc) is 2.24. The molecule has 1 aliphatic rings. The lowest BCUT2D eigenvalue weighted by Crippen LogP contribution is -2.18. The van der Waals surface area contributed by atoms with E-state index in [0.717, 1.165) is 18.3 Å². The monoisotopic (exact) mass is 226 g/mol. The van der Waals surface area contributed by atoms with Gasteiger partial charge in [-0.1, -0.05) is 59.3 Å². The summed E-state index contributed by atoms with van der Waals surface area (Å²) in [6.07, 6.45) is 10.1. The van der Waals surface area contributed by atoms with Crippen molar-refractivity contribution in [2.45, 2.75) is 78.2 Å². The van der Waals surface area contributed by atoms with E-state index >= 15 is 0 Å². The summed E-state index contributed by atoms with van der Waals surface area (Å²) >= 11 is 0. The second-order valence-electron chi connectivity index (χ2n) is 6.19.